The van der Waals surface area contributed by atoms with Crippen LogP contribution in [0.2, 0.25) is 0 Å². The molecule has 0 fully saturated rings. The summed E-state index contributed by atoms with van der Waals surface area (Å²) >= 11 is 0. The van der Waals surface area contributed by atoms with Crippen molar-refractivity contribution in [3.63, 3.8) is 0 Å². The second-order valence-corrected chi connectivity index (χ2v) is 1.99. The Kier molecular flexibility index (Phi) is 4.80. The van der Waals surface area contributed by atoms with Gasteiger partial charge in [-0.2, -0.15) is 0 Å². The van der Waals surface area contributed by atoms with Crippen LogP contribution in [-0.2, 0) is 0 Å². The van der Waals surface area contributed by atoms with Crippen LogP contribution < -0.4 is 56.5 Å². The minimum absolute atomic E-state index is 0. The third-order valence-corrected chi connectivity index (χ3v) is 1.20. The fraction of sp³-hybridized carbons (Fsp3) is 0. The van der Waals surface area contributed by atoms with Gasteiger partial charge in [-0.3, -0.25) is 0 Å². The van der Waals surface area contributed by atoms with E-state index in [1.165, 1.54) is 0 Å². The van der Waals surface area contributed by atoms with Gasteiger partial charge in [0.05, 0.1) is 5.97 Å². The van der Waals surface area contributed by atoms with Gasteiger partial charge in [0.1, 0.15) is 11.5 Å². The number of aromatic carboxylic acids is 1. The third kappa shape index (κ3) is 2.76. The van der Waals surface area contributed by atoms with Crippen LogP contribution in [0.5, 0.6) is 11.5 Å². The smallest absolute Gasteiger partial charge is 0.545 e. The molecule has 0 spiro atoms. The number of phenolic OH excluding ortho intramolecular Hbond substituents is 1. The van der Waals surface area contributed by atoms with Gasteiger partial charge in [-0.1, -0.05) is 0 Å². The minimum Gasteiger partial charge on any atom is -0.545 e. The number of carboxylic acids is 1. The van der Waals surface area contributed by atoms with Crippen LogP contribution in [0, 0.1) is 0 Å². The van der Waals surface area contributed by atoms with Gasteiger partial charge in [-0.15, -0.1) is 0 Å². The van der Waals surface area contributed by atoms with Gasteiger partial charge in [0.2, 0.25) is 0 Å². The molecule has 2 N–H and O–H groups in total. The first kappa shape index (κ1) is 11.9. The zero-order valence-corrected chi connectivity index (χ0v) is 9.57. The summed E-state index contributed by atoms with van der Waals surface area (Å²) in [6.45, 7) is 0. The van der Waals surface area contributed by atoms with Gasteiger partial charge >= 0.3 is 51.4 Å². The first-order chi connectivity index (χ1) is 5.11. The van der Waals surface area contributed by atoms with Gasteiger partial charge in [0.25, 0.3) is 0 Å². The van der Waals surface area contributed by atoms with Crippen molar-refractivity contribution in [2.75, 3.05) is 0 Å². The van der Waals surface area contributed by atoms with E-state index in [0.29, 0.717) is 0 Å². The Morgan fingerprint density at radius 2 is 1.92 bits per heavy atom. The summed E-state index contributed by atoms with van der Waals surface area (Å²) in [5, 5.41) is 27.8. The molecule has 1 aromatic rings. The van der Waals surface area contributed by atoms with E-state index < -0.39 is 11.7 Å². The maximum atomic E-state index is 10.2. The molecule has 58 valence electrons. The molecule has 0 radical (unpaired) electrons. The quantitative estimate of drug-likeness (QED) is 0.452. The molecule has 4 nitrogen and oxygen atoms in total. The zero-order valence-electron chi connectivity index (χ0n) is 6.44. The van der Waals surface area contributed by atoms with Crippen molar-refractivity contribution in [1.82, 2.24) is 0 Å². The fourth-order valence-electron chi connectivity index (χ4n) is 0.693. The van der Waals surface area contributed by atoms with E-state index in [2.05, 4.69) is 0 Å². The van der Waals surface area contributed by atoms with E-state index in [1.54, 1.807) is 0 Å². The predicted octanol–water partition coefficient (Wildman–Crippen LogP) is -3.53. The number of rotatable bonds is 1. The second kappa shape index (κ2) is 4.83. The van der Waals surface area contributed by atoms with E-state index in [-0.39, 0.29) is 62.7 Å². The van der Waals surface area contributed by atoms with Crippen LogP contribution in [0.25, 0.3) is 0 Å². The summed E-state index contributed by atoms with van der Waals surface area (Å²) in [5.74, 6) is -2.15. The van der Waals surface area contributed by atoms with Crippen molar-refractivity contribution in [2.45, 2.75) is 0 Å². The molecular weight excluding hydrogens is 187 g/mol. The van der Waals surface area contributed by atoms with Crippen molar-refractivity contribution in [3.8, 4) is 11.5 Å². The average Bonchev–Trinajstić information content (AvgIpc) is 1.85. The second-order valence-electron chi connectivity index (χ2n) is 1.99. The van der Waals surface area contributed by atoms with Gasteiger partial charge in [-0.05, 0) is 12.1 Å². The normalized spacial score (nSPS) is 8.67. The largest absolute Gasteiger partial charge is 1.00 e. The molecule has 12 heavy (non-hydrogen) atoms. The average molecular weight is 192 g/mol. The van der Waals surface area contributed by atoms with Gasteiger partial charge < -0.3 is 20.1 Å². The Balaban J connectivity index is 0.00000121. The predicted molar refractivity (Wildman–Crippen MR) is 34.1 cm³/mol. The Labute approximate surface area is 111 Å². The monoisotopic (exact) mass is 192 g/mol. The summed E-state index contributed by atoms with van der Waals surface area (Å²) in [4.78, 5) is 10.2. The van der Waals surface area contributed by atoms with Gasteiger partial charge in [0.15, 0.2) is 0 Å². The number of carboxylic acid groups (broad SMARTS) is 1. The number of hydrogen-bond acceptors (Lipinski definition) is 4. The topological polar surface area (TPSA) is 80.6 Å². The zero-order chi connectivity index (χ0) is 8.43. The van der Waals surface area contributed by atoms with Crippen molar-refractivity contribution in [1.29, 1.82) is 0 Å². The molecule has 0 heterocycles. The van der Waals surface area contributed by atoms with Crippen molar-refractivity contribution in [2.24, 2.45) is 0 Å². The van der Waals surface area contributed by atoms with E-state index in [1.807, 2.05) is 0 Å². The van der Waals surface area contributed by atoms with Crippen LogP contribution in [0.1, 0.15) is 10.4 Å². The molecular formula is C7H5KO4. The molecule has 0 aliphatic carbocycles. The third-order valence-electron chi connectivity index (χ3n) is 1.20. The van der Waals surface area contributed by atoms with Crippen molar-refractivity contribution < 1.29 is 71.5 Å². The summed E-state index contributed by atoms with van der Waals surface area (Å²) in [6, 6.07) is 3.16. The summed E-state index contributed by atoms with van der Waals surface area (Å²) in [5.41, 5.74) is -0.331. The number of phenols is 2. The molecule has 0 saturated carbocycles. The molecule has 0 aliphatic heterocycles. The summed E-state index contributed by atoms with van der Waals surface area (Å²) < 4.78 is 0. The molecule has 0 aromatic heterocycles. The molecule has 0 unspecified atom stereocenters. The standard InChI is InChI=1S/C7H6O4.K/c8-4-1-2-5(7(10)11)6(9)3-4;/h1-3,8-9H,(H,10,11);/q;+1/p-1. The Morgan fingerprint density at radius 1 is 1.33 bits per heavy atom. The Morgan fingerprint density at radius 3 is 2.33 bits per heavy atom. The van der Waals surface area contributed by atoms with E-state index >= 15 is 0 Å². The molecule has 0 saturated heterocycles. The molecule has 0 aliphatic rings. The maximum Gasteiger partial charge on any atom is 1.00 e. The van der Waals surface area contributed by atoms with E-state index in [0.717, 1.165) is 18.2 Å². The molecule has 0 bridgehead atoms. The summed E-state index contributed by atoms with van der Waals surface area (Å²) in [6.07, 6.45) is 0. The van der Waals surface area contributed by atoms with E-state index in [9.17, 15) is 9.90 Å². The van der Waals surface area contributed by atoms with Gasteiger partial charge in [0, 0.05) is 11.6 Å². The van der Waals surface area contributed by atoms with Crippen LogP contribution in [-0.4, -0.2) is 16.2 Å². The van der Waals surface area contributed by atoms with Crippen LogP contribution in [0.4, 0.5) is 0 Å². The van der Waals surface area contributed by atoms with Crippen LogP contribution in [0.3, 0.4) is 0 Å². The van der Waals surface area contributed by atoms with Gasteiger partial charge in [-0.25, -0.2) is 0 Å². The number of aromatic hydroxyl groups is 2. The SMILES string of the molecule is O=C([O-])c1ccc(O)cc1O.[K+]. The molecule has 5 heteroatoms. The first-order valence-electron chi connectivity index (χ1n) is 2.84. The number of hydrogen-bond donors (Lipinski definition) is 2. The number of benzene rings is 1. The van der Waals surface area contributed by atoms with Crippen molar-refractivity contribution in [3.05, 3.63) is 23.8 Å². The minimum atomic E-state index is -1.47. The molecule has 1 aromatic carbocycles. The number of carbonyl (C=O) groups is 1. The Hall–Kier alpha value is -0.0736. The first-order valence-corrected chi connectivity index (χ1v) is 2.84. The van der Waals surface area contributed by atoms with Crippen LogP contribution in [0.15, 0.2) is 18.2 Å². The van der Waals surface area contributed by atoms with E-state index in [4.69, 9.17) is 10.2 Å². The Bertz CT molecular complexity index is 297. The van der Waals surface area contributed by atoms with Crippen LogP contribution >= 0.6 is 0 Å². The molecule has 0 amide bonds. The maximum absolute atomic E-state index is 10.2. The molecule has 1 rings (SSSR count). The summed E-state index contributed by atoms with van der Waals surface area (Å²) in [7, 11) is 0. The number of carbonyl (C=O) groups excluding carboxylic acids is 1. The molecule has 0 atom stereocenters. The van der Waals surface area contributed by atoms with Crippen molar-refractivity contribution >= 4 is 5.97 Å². The fourth-order valence-corrected chi connectivity index (χ4v) is 0.693.